The molecule has 2 aromatic heterocycles. The lowest BCUT2D eigenvalue weighted by molar-refractivity contribution is 0.0474. The number of nitrogens with one attached hydrogen (secondary N) is 1. The minimum Gasteiger partial charge on any atom is -0.457 e. The fraction of sp³-hybridized carbons (Fsp3) is 0.174. The summed E-state index contributed by atoms with van der Waals surface area (Å²) in [7, 11) is 0. The SMILES string of the molecule is CCc1ccc2c(COC(=O)c3ccc(-n4c(C)c[nH]c4=O)cc3)cc(=O)oc2c1. The molecule has 0 saturated carbocycles. The number of aryl methyl sites for hydroxylation is 2. The van der Waals surface area contributed by atoms with E-state index in [1.165, 1.54) is 10.6 Å². The van der Waals surface area contributed by atoms with Crippen LogP contribution >= 0.6 is 0 Å². The summed E-state index contributed by atoms with van der Waals surface area (Å²) in [6.07, 6.45) is 2.44. The molecule has 2 aromatic carbocycles. The van der Waals surface area contributed by atoms with E-state index in [1.807, 2.05) is 32.0 Å². The van der Waals surface area contributed by atoms with Crippen LogP contribution in [-0.4, -0.2) is 15.5 Å². The van der Waals surface area contributed by atoms with E-state index in [0.717, 1.165) is 23.1 Å². The van der Waals surface area contributed by atoms with Gasteiger partial charge in [0.1, 0.15) is 12.2 Å². The minimum absolute atomic E-state index is 0.0511. The van der Waals surface area contributed by atoms with Gasteiger partial charge in [-0.15, -0.1) is 0 Å². The molecule has 1 N–H and O–H groups in total. The van der Waals surface area contributed by atoms with E-state index < -0.39 is 11.6 Å². The summed E-state index contributed by atoms with van der Waals surface area (Å²) < 4.78 is 12.2. The number of carbonyl (C=O) groups excluding carboxylic acids is 1. The molecule has 0 aliphatic carbocycles. The molecule has 0 aliphatic rings. The molecular weight excluding hydrogens is 384 g/mol. The zero-order valence-corrected chi connectivity index (χ0v) is 16.6. The number of carbonyl (C=O) groups is 1. The monoisotopic (exact) mass is 404 g/mol. The number of rotatable bonds is 5. The average Bonchev–Trinajstić information content (AvgIpc) is 3.09. The molecule has 0 spiro atoms. The van der Waals surface area contributed by atoms with Crippen molar-refractivity contribution >= 4 is 16.9 Å². The molecule has 0 aliphatic heterocycles. The number of imidazole rings is 1. The van der Waals surface area contributed by atoms with Crippen LogP contribution in [0, 0.1) is 6.92 Å². The second-order valence-corrected chi connectivity index (χ2v) is 6.97. The number of hydrogen-bond acceptors (Lipinski definition) is 5. The molecule has 152 valence electrons. The first kappa shape index (κ1) is 19.4. The predicted octanol–water partition coefficient (Wildman–Crippen LogP) is 3.50. The minimum atomic E-state index is -0.522. The quantitative estimate of drug-likeness (QED) is 0.406. The zero-order chi connectivity index (χ0) is 21.3. The van der Waals surface area contributed by atoms with Gasteiger partial charge in [-0.2, -0.15) is 0 Å². The number of ether oxygens (including phenoxy) is 1. The Balaban J connectivity index is 1.54. The van der Waals surface area contributed by atoms with Gasteiger partial charge in [0, 0.05) is 28.9 Å². The van der Waals surface area contributed by atoms with Gasteiger partial charge in [0.25, 0.3) is 0 Å². The molecule has 4 rings (SSSR count). The van der Waals surface area contributed by atoms with Crippen molar-refractivity contribution in [2.24, 2.45) is 0 Å². The molecule has 0 fully saturated rings. The number of aromatic amines is 1. The number of esters is 1. The van der Waals surface area contributed by atoms with E-state index in [2.05, 4.69) is 4.98 Å². The van der Waals surface area contributed by atoms with E-state index in [1.54, 1.807) is 30.5 Å². The molecule has 4 aromatic rings. The lowest BCUT2D eigenvalue weighted by Crippen LogP contribution is -2.16. The fourth-order valence-electron chi connectivity index (χ4n) is 3.36. The van der Waals surface area contributed by atoms with E-state index >= 15 is 0 Å². The van der Waals surface area contributed by atoms with E-state index in [-0.39, 0.29) is 12.3 Å². The molecule has 30 heavy (non-hydrogen) atoms. The smallest absolute Gasteiger partial charge is 0.338 e. The zero-order valence-electron chi connectivity index (χ0n) is 16.6. The highest BCUT2D eigenvalue weighted by Gasteiger charge is 2.12. The topological polar surface area (TPSA) is 94.3 Å². The first-order valence-electron chi connectivity index (χ1n) is 9.56. The molecule has 0 radical (unpaired) electrons. The Kier molecular flexibility index (Phi) is 5.10. The molecule has 0 unspecified atom stereocenters. The molecule has 0 atom stereocenters. The van der Waals surface area contributed by atoms with E-state index in [9.17, 15) is 14.4 Å². The first-order valence-corrected chi connectivity index (χ1v) is 9.56. The third kappa shape index (κ3) is 3.69. The Morgan fingerprint density at radius 1 is 1.10 bits per heavy atom. The van der Waals surface area contributed by atoms with Gasteiger partial charge in [0.2, 0.25) is 0 Å². The summed E-state index contributed by atoms with van der Waals surface area (Å²) in [5, 5.41) is 0.734. The van der Waals surface area contributed by atoms with Crippen molar-refractivity contribution in [2.75, 3.05) is 0 Å². The third-order valence-corrected chi connectivity index (χ3v) is 4.98. The molecule has 7 heteroatoms. The maximum absolute atomic E-state index is 12.5. The number of aromatic nitrogens is 2. The maximum Gasteiger partial charge on any atom is 0.338 e. The summed E-state index contributed by atoms with van der Waals surface area (Å²) in [5.74, 6) is -0.522. The Hall–Kier alpha value is -3.87. The Bertz CT molecular complexity index is 1340. The third-order valence-electron chi connectivity index (χ3n) is 4.98. The lowest BCUT2D eigenvalue weighted by Gasteiger charge is -2.09. The summed E-state index contributed by atoms with van der Waals surface area (Å²) in [5.41, 5.74) is 3.14. The maximum atomic E-state index is 12.5. The number of hydrogen-bond donors (Lipinski definition) is 1. The summed E-state index contributed by atoms with van der Waals surface area (Å²) in [4.78, 5) is 38.9. The Labute approximate surface area is 171 Å². The normalized spacial score (nSPS) is 11.0. The van der Waals surface area contributed by atoms with Crippen LogP contribution in [0.4, 0.5) is 0 Å². The van der Waals surface area contributed by atoms with Crippen molar-refractivity contribution in [3.63, 3.8) is 0 Å². The fourth-order valence-corrected chi connectivity index (χ4v) is 3.36. The van der Waals surface area contributed by atoms with Gasteiger partial charge in [-0.3, -0.25) is 4.57 Å². The number of benzene rings is 2. The van der Waals surface area contributed by atoms with Crippen LogP contribution < -0.4 is 11.3 Å². The van der Waals surface area contributed by atoms with Crippen molar-refractivity contribution in [3.05, 3.63) is 98.0 Å². The van der Waals surface area contributed by atoms with E-state index in [4.69, 9.17) is 9.15 Å². The largest absolute Gasteiger partial charge is 0.457 e. The van der Waals surface area contributed by atoms with Crippen LogP contribution in [-0.2, 0) is 17.8 Å². The van der Waals surface area contributed by atoms with Gasteiger partial charge < -0.3 is 14.1 Å². The van der Waals surface area contributed by atoms with E-state index in [0.29, 0.717) is 22.4 Å². The molecule has 2 heterocycles. The van der Waals surface area contributed by atoms with Crippen LogP contribution in [0.3, 0.4) is 0 Å². The molecular formula is C23H20N2O5. The van der Waals surface area contributed by atoms with Crippen LogP contribution in [0.15, 0.2) is 68.7 Å². The van der Waals surface area contributed by atoms with Crippen LogP contribution in [0.2, 0.25) is 0 Å². The van der Waals surface area contributed by atoms with Crippen molar-refractivity contribution in [3.8, 4) is 5.69 Å². The molecule has 0 bridgehead atoms. The predicted molar refractivity (Wildman–Crippen MR) is 112 cm³/mol. The summed E-state index contributed by atoms with van der Waals surface area (Å²) >= 11 is 0. The number of fused-ring (bicyclic) bond motifs is 1. The highest BCUT2D eigenvalue weighted by Crippen LogP contribution is 2.20. The Morgan fingerprint density at radius 2 is 1.87 bits per heavy atom. The summed E-state index contributed by atoms with van der Waals surface area (Å²) in [6, 6.07) is 13.5. The standard InChI is InChI=1S/C23H20N2O5/c1-3-15-4-9-19-17(11-21(26)30-20(19)10-15)13-29-22(27)16-5-7-18(8-6-16)25-14(2)12-24-23(25)28/h4-12H,3,13H2,1-2H3,(H,24,28). The first-order chi connectivity index (χ1) is 14.5. The second-order valence-electron chi connectivity index (χ2n) is 6.97. The summed E-state index contributed by atoms with van der Waals surface area (Å²) in [6.45, 7) is 3.78. The highest BCUT2D eigenvalue weighted by atomic mass is 16.5. The molecule has 7 nitrogen and oxygen atoms in total. The Morgan fingerprint density at radius 3 is 2.53 bits per heavy atom. The van der Waals surface area contributed by atoms with Gasteiger partial charge in [-0.05, 0) is 49.2 Å². The van der Waals surface area contributed by atoms with Crippen molar-refractivity contribution < 1.29 is 13.9 Å². The lowest BCUT2D eigenvalue weighted by atomic mass is 10.1. The van der Waals surface area contributed by atoms with Crippen LogP contribution in [0.1, 0.15) is 34.1 Å². The molecule has 0 saturated heterocycles. The van der Waals surface area contributed by atoms with Gasteiger partial charge in [0.15, 0.2) is 0 Å². The van der Waals surface area contributed by atoms with Crippen molar-refractivity contribution in [1.29, 1.82) is 0 Å². The number of H-pyrrole nitrogens is 1. The van der Waals surface area contributed by atoms with Crippen LogP contribution in [0.25, 0.3) is 16.7 Å². The molecule has 0 amide bonds. The number of nitrogens with zero attached hydrogens (tertiary/aromatic N) is 1. The van der Waals surface area contributed by atoms with Gasteiger partial charge in [-0.25, -0.2) is 14.4 Å². The van der Waals surface area contributed by atoms with Gasteiger partial charge >= 0.3 is 17.3 Å². The average molecular weight is 404 g/mol. The van der Waals surface area contributed by atoms with Gasteiger partial charge in [0.05, 0.1) is 11.3 Å². The highest BCUT2D eigenvalue weighted by molar-refractivity contribution is 5.90. The van der Waals surface area contributed by atoms with Crippen molar-refractivity contribution in [2.45, 2.75) is 26.9 Å². The van der Waals surface area contributed by atoms with Gasteiger partial charge in [-0.1, -0.05) is 19.1 Å². The van der Waals surface area contributed by atoms with Crippen LogP contribution in [0.5, 0.6) is 0 Å². The van der Waals surface area contributed by atoms with Crippen molar-refractivity contribution in [1.82, 2.24) is 9.55 Å². The second kappa shape index (κ2) is 7.87.